The Labute approximate surface area is 77.0 Å². The van der Waals surface area contributed by atoms with Gasteiger partial charge in [0.25, 0.3) is 0 Å². The summed E-state index contributed by atoms with van der Waals surface area (Å²) in [4.78, 5) is 10.6. The van der Waals surface area contributed by atoms with Gasteiger partial charge < -0.3 is 9.84 Å². The number of aryl methyl sites for hydroxylation is 1. The normalized spacial score (nSPS) is 9.77. The Hall–Kier alpha value is -1.51. The van der Waals surface area contributed by atoms with Crippen LogP contribution in [-0.4, -0.2) is 18.5 Å². The van der Waals surface area contributed by atoms with Gasteiger partial charge >= 0.3 is 0 Å². The second-order valence-electron chi connectivity index (χ2n) is 2.90. The molecule has 0 unspecified atom stereocenters. The molecular formula is C10H12O3. The molecule has 0 radical (unpaired) electrons. The maximum Gasteiger partial charge on any atom is 0.154 e. The van der Waals surface area contributed by atoms with Gasteiger partial charge in [0.2, 0.25) is 0 Å². The Bertz CT molecular complexity index is 343. The summed E-state index contributed by atoms with van der Waals surface area (Å²) in [6.07, 6.45) is 0.650. The molecule has 0 saturated heterocycles. The van der Waals surface area contributed by atoms with Crippen molar-refractivity contribution in [2.45, 2.75) is 13.8 Å². The van der Waals surface area contributed by atoms with Gasteiger partial charge in [-0.15, -0.1) is 0 Å². The number of methoxy groups -OCH3 is 1. The molecule has 1 aromatic carbocycles. The van der Waals surface area contributed by atoms with E-state index >= 15 is 0 Å². The monoisotopic (exact) mass is 180 g/mol. The number of rotatable bonds is 2. The first-order valence-electron chi connectivity index (χ1n) is 3.94. The van der Waals surface area contributed by atoms with Crippen molar-refractivity contribution in [3.63, 3.8) is 0 Å². The van der Waals surface area contributed by atoms with Gasteiger partial charge in [0, 0.05) is 5.56 Å². The highest BCUT2D eigenvalue weighted by Gasteiger charge is 2.11. The highest BCUT2D eigenvalue weighted by Crippen LogP contribution is 2.31. The summed E-state index contributed by atoms with van der Waals surface area (Å²) in [5.41, 5.74) is 1.64. The standard InChI is InChI=1S/C10H12O3/c1-6-4-9(13-3)7(2)10(12)8(6)5-11/h4-5,12H,1-3H3. The molecule has 1 aromatic rings. The smallest absolute Gasteiger partial charge is 0.154 e. The van der Waals surface area contributed by atoms with Crippen molar-refractivity contribution in [3.8, 4) is 11.5 Å². The van der Waals surface area contributed by atoms with Crippen molar-refractivity contribution < 1.29 is 14.6 Å². The Morgan fingerprint density at radius 2 is 2.08 bits per heavy atom. The van der Waals surface area contributed by atoms with Crippen LogP contribution in [-0.2, 0) is 0 Å². The molecule has 3 heteroatoms. The van der Waals surface area contributed by atoms with E-state index in [1.807, 2.05) is 0 Å². The van der Waals surface area contributed by atoms with Crippen LogP contribution < -0.4 is 4.74 Å². The summed E-state index contributed by atoms with van der Waals surface area (Å²) in [5.74, 6) is 0.604. The highest BCUT2D eigenvalue weighted by atomic mass is 16.5. The minimum absolute atomic E-state index is 0.00634. The summed E-state index contributed by atoms with van der Waals surface area (Å²) in [6, 6.07) is 1.73. The predicted octanol–water partition coefficient (Wildman–Crippen LogP) is 1.83. The Kier molecular flexibility index (Phi) is 2.56. The van der Waals surface area contributed by atoms with E-state index < -0.39 is 0 Å². The van der Waals surface area contributed by atoms with Gasteiger partial charge in [0.05, 0.1) is 12.7 Å². The zero-order valence-corrected chi connectivity index (χ0v) is 7.92. The molecule has 1 N–H and O–H groups in total. The SMILES string of the molecule is COc1cc(C)c(C=O)c(O)c1C. The molecule has 0 aliphatic heterocycles. The van der Waals surface area contributed by atoms with Crippen molar-refractivity contribution in [1.82, 2.24) is 0 Å². The van der Waals surface area contributed by atoms with Crippen molar-refractivity contribution >= 4 is 6.29 Å². The molecule has 70 valence electrons. The third-order valence-electron chi connectivity index (χ3n) is 2.09. The van der Waals surface area contributed by atoms with E-state index in [1.165, 1.54) is 7.11 Å². The summed E-state index contributed by atoms with van der Waals surface area (Å²) in [6.45, 7) is 3.46. The Morgan fingerprint density at radius 3 is 2.54 bits per heavy atom. The van der Waals surface area contributed by atoms with Crippen molar-refractivity contribution in [3.05, 3.63) is 22.8 Å². The van der Waals surface area contributed by atoms with E-state index in [1.54, 1.807) is 19.9 Å². The summed E-state index contributed by atoms with van der Waals surface area (Å²) < 4.78 is 5.03. The third-order valence-corrected chi connectivity index (χ3v) is 2.09. The molecule has 13 heavy (non-hydrogen) atoms. The van der Waals surface area contributed by atoms with E-state index in [2.05, 4.69) is 0 Å². The number of hydrogen-bond donors (Lipinski definition) is 1. The fraction of sp³-hybridized carbons (Fsp3) is 0.300. The Balaban J connectivity index is 3.45. The molecular weight excluding hydrogens is 168 g/mol. The zero-order chi connectivity index (χ0) is 10.0. The quantitative estimate of drug-likeness (QED) is 0.706. The van der Waals surface area contributed by atoms with Gasteiger partial charge in [-0.25, -0.2) is 0 Å². The number of carbonyl (C=O) groups is 1. The van der Waals surface area contributed by atoms with E-state index in [0.29, 0.717) is 23.2 Å². The van der Waals surface area contributed by atoms with Gasteiger partial charge in [-0.2, -0.15) is 0 Å². The number of benzene rings is 1. The number of aldehydes is 1. The van der Waals surface area contributed by atoms with E-state index in [9.17, 15) is 9.90 Å². The lowest BCUT2D eigenvalue weighted by Gasteiger charge is -2.10. The molecule has 0 saturated carbocycles. The van der Waals surface area contributed by atoms with Crippen LogP contribution in [0.2, 0.25) is 0 Å². The lowest BCUT2D eigenvalue weighted by atomic mass is 10.0. The highest BCUT2D eigenvalue weighted by molar-refractivity contribution is 5.83. The van der Waals surface area contributed by atoms with Crippen LogP contribution in [0.3, 0.4) is 0 Å². The van der Waals surface area contributed by atoms with Crippen molar-refractivity contribution in [2.75, 3.05) is 7.11 Å². The maximum absolute atomic E-state index is 10.6. The number of phenols is 1. The van der Waals surface area contributed by atoms with Crippen LogP contribution in [0.1, 0.15) is 21.5 Å². The van der Waals surface area contributed by atoms with E-state index in [0.717, 1.165) is 5.56 Å². The topological polar surface area (TPSA) is 46.5 Å². The summed E-state index contributed by atoms with van der Waals surface area (Å²) in [5, 5.41) is 9.58. The average molecular weight is 180 g/mol. The van der Waals surface area contributed by atoms with Gasteiger partial charge in [-0.3, -0.25) is 4.79 Å². The lowest BCUT2D eigenvalue weighted by Crippen LogP contribution is -1.94. The number of hydrogen-bond acceptors (Lipinski definition) is 3. The molecule has 0 aromatic heterocycles. The first-order valence-corrected chi connectivity index (χ1v) is 3.94. The number of phenolic OH excluding ortho intramolecular Hbond substituents is 1. The predicted molar refractivity (Wildman–Crippen MR) is 49.5 cm³/mol. The molecule has 0 atom stereocenters. The van der Waals surface area contributed by atoms with Crippen LogP contribution in [0, 0.1) is 13.8 Å². The molecule has 3 nitrogen and oxygen atoms in total. The lowest BCUT2D eigenvalue weighted by molar-refractivity contribution is 0.112. The van der Waals surface area contributed by atoms with Crippen LogP contribution in [0.5, 0.6) is 11.5 Å². The van der Waals surface area contributed by atoms with E-state index in [-0.39, 0.29) is 5.75 Å². The molecule has 0 aliphatic rings. The molecule has 0 heterocycles. The average Bonchev–Trinajstić information content (AvgIpc) is 2.12. The van der Waals surface area contributed by atoms with Gasteiger partial charge in [-0.05, 0) is 25.5 Å². The van der Waals surface area contributed by atoms with Crippen LogP contribution in [0.4, 0.5) is 0 Å². The first-order chi connectivity index (χ1) is 6.11. The molecule has 0 aliphatic carbocycles. The van der Waals surface area contributed by atoms with Crippen LogP contribution >= 0.6 is 0 Å². The minimum Gasteiger partial charge on any atom is -0.507 e. The van der Waals surface area contributed by atoms with Crippen molar-refractivity contribution in [1.29, 1.82) is 0 Å². The second kappa shape index (κ2) is 3.47. The fourth-order valence-corrected chi connectivity index (χ4v) is 1.25. The third kappa shape index (κ3) is 1.49. The fourth-order valence-electron chi connectivity index (χ4n) is 1.25. The molecule has 0 spiro atoms. The summed E-state index contributed by atoms with van der Waals surface area (Å²) >= 11 is 0. The molecule has 0 bridgehead atoms. The van der Waals surface area contributed by atoms with Crippen LogP contribution in [0.15, 0.2) is 6.07 Å². The molecule has 1 rings (SSSR count). The van der Waals surface area contributed by atoms with Crippen molar-refractivity contribution in [2.24, 2.45) is 0 Å². The number of aromatic hydroxyl groups is 1. The first kappa shape index (κ1) is 9.58. The molecule has 0 amide bonds. The second-order valence-corrected chi connectivity index (χ2v) is 2.90. The molecule has 0 fully saturated rings. The van der Waals surface area contributed by atoms with Gasteiger partial charge in [-0.1, -0.05) is 0 Å². The number of ether oxygens (including phenoxy) is 1. The minimum atomic E-state index is 0.00634. The largest absolute Gasteiger partial charge is 0.507 e. The van der Waals surface area contributed by atoms with Gasteiger partial charge in [0.15, 0.2) is 6.29 Å². The number of carbonyl (C=O) groups excluding carboxylic acids is 1. The van der Waals surface area contributed by atoms with Gasteiger partial charge in [0.1, 0.15) is 11.5 Å². The zero-order valence-electron chi connectivity index (χ0n) is 7.92. The van der Waals surface area contributed by atoms with E-state index in [4.69, 9.17) is 4.74 Å². The maximum atomic E-state index is 10.6. The summed E-state index contributed by atoms with van der Waals surface area (Å²) in [7, 11) is 1.53. The van der Waals surface area contributed by atoms with Crippen LogP contribution in [0.25, 0.3) is 0 Å². The Morgan fingerprint density at radius 1 is 1.46 bits per heavy atom.